The van der Waals surface area contributed by atoms with Crippen LogP contribution in [0.2, 0.25) is 0 Å². The zero-order valence-electron chi connectivity index (χ0n) is 12.5. The molecule has 2 N–H and O–H groups in total. The van der Waals surface area contributed by atoms with E-state index in [9.17, 15) is 4.79 Å². The molecule has 0 unspecified atom stereocenters. The van der Waals surface area contributed by atoms with Crippen LogP contribution in [-0.4, -0.2) is 18.5 Å². The van der Waals surface area contributed by atoms with Crippen molar-refractivity contribution in [1.82, 2.24) is 5.32 Å². The smallest absolute Gasteiger partial charge is 0.225 e. The molecule has 1 aliphatic carbocycles. The summed E-state index contributed by atoms with van der Waals surface area (Å²) < 4.78 is 0. The van der Waals surface area contributed by atoms with Gasteiger partial charge in [-0.05, 0) is 31.4 Å². The molecule has 0 bridgehead atoms. The molecule has 0 aromatic heterocycles. The van der Waals surface area contributed by atoms with Gasteiger partial charge in [0.15, 0.2) is 0 Å². The zero-order valence-corrected chi connectivity index (χ0v) is 12.5. The molecule has 1 amide bonds. The van der Waals surface area contributed by atoms with E-state index in [4.69, 9.17) is 0 Å². The second kappa shape index (κ2) is 8.05. The maximum Gasteiger partial charge on any atom is 0.225 e. The largest absolute Gasteiger partial charge is 0.326 e. The Morgan fingerprint density at radius 1 is 1.15 bits per heavy atom. The molecule has 1 saturated carbocycles. The minimum absolute atomic E-state index is 0.0976. The highest BCUT2D eigenvalue weighted by Gasteiger charge is 2.12. The van der Waals surface area contributed by atoms with Gasteiger partial charge in [-0.25, -0.2) is 0 Å². The van der Waals surface area contributed by atoms with E-state index in [-0.39, 0.29) is 5.91 Å². The standard InChI is InChI=1S/C17H26N2O/c1-14-8-6-7-11-16(14)19-17(20)12-13-18-15-9-4-2-3-5-10-15/h6-8,11,15,18H,2-5,9-10,12-13H2,1H3,(H,19,20). The number of para-hydroxylation sites is 1. The van der Waals surface area contributed by atoms with Crippen LogP contribution in [0.4, 0.5) is 5.69 Å². The summed E-state index contributed by atoms with van der Waals surface area (Å²) in [5.74, 6) is 0.0976. The minimum atomic E-state index is 0.0976. The Morgan fingerprint density at radius 3 is 2.55 bits per heavy atom. The van der Waals surface area contributed by atoms with Crippen LogP contribution in [0.1, 0.15) is 50.5 Å². The van der Waals surface area contributed by atoms with Gasteiger partial charge in [0.1, 0.15) is 0 Å². The number of carbonyl (C=O) groups excluding carboxylic acids is 1. The number of anilines is 1. The number of benzene rings is 1. The number of hydrogen-bond acceptors (Lipinski definition) is 2. The molecule has 0 spiro atoms. The number of nitrogens with one attached hydrogen (secondary N) is 2. The summed E-state index contributed by atoms with van der Waals surface area (Å²) in [6, 6.07) is 8.51. The Bertz CT molecular complexity index is 423. The van der Waals surface area contributed by atoms with E-state index in [2.05, 4.69) is 10.6 Å². The molecule has 1 aliphatic rings. The number of aryl methyl sites for hydroxylation is 1. The molecular weight excluding hydrogens is 248 g/mol. The van der Waals surface area contributed by atoms with Crippen LogP contribution in [0.5, 0.6) is 0 Å². The van der Waals surface area contributed by atoms with E-state index >= 15 is 0 Å². The summed E-state index contributed by atoms with van der Waals surface area (Å²) in [6.07, 6.45) is 8.46. The third-order valence-electron chi connectivity index (χ3n) is 4.06. The summed E-state index contributed by atoms with van der Waals surface area (Å²) in [5, 5.41) is 6.51. The van der Waals surface area contributed by atoms with Gasteiger partial charge in [0.25, 0.3) is 0 Å². The van der Waals surface area contributed by atoms with Crippen LogP contribution < -0.4 is 10.6 Å². The van der Waals surface area contributed by atoms with Crippen LogP contribution in [0.25, 0.3) is 0 Å². The Hall–Kier alpha value is -1.35. The van der Waals surface area contributed by atoms with Crippen LogP contribution in [0.15, 0.2) is 24.3 Å². The summed E-state index contributed by atoms with van der Waals surface area (Å²) in [5.41, 5.74) is 2.03. The van der Waals surface area contributed by atoms with Gasteiger partial charge in [0.05, 0.1) is 0 Å². The number of amides is 1. The van der Waals surface area contributed by atoms with E-state index in [1.54, 1.807) is 0 Å². The Balaban J connectivity index is 1.68. The maximum atomic E-state index is 11.9. The van der Waals surface area contributed by atoms with Crippen molar-refractivity contribution in [2.45, 2.75) is 57.9 Å². The van der Waals surface area contributed by atoms with Gasteiger partial charge >= 0.3 is 0 Å². The number of rotatable bonds is 5. The van der Waals surface area contributed by atoms with E-state index in [0.29, 0.717) is 12.5 Å². The summed E-state index contributed by atoms with van der Waals surface area (Å²) in [4.78, 5) is 11.9. The third-order valence-corrected chi connectivity index (χ3v) is 4.06. The SMILES string of the molecule is Cc1ccccc1NC(=O)CCNC1CCCCCC1. The normalized spacial score (nSPS) is 16.6. The molecule has 1 aromatic rings. The lowest BCUT2D eigenvalue weighted by atomic mass is 10.1. The summed E-state index contributed by atoms with van der Waals surface area (Å²) >= 11 is 0. The first kappa shape index (κ1) is 15.0. The van der Waals surface area contributed by atoms with E-state index in [0.717, 1.165) is 17.8 Å². The van der Waals surface area contributed by atoms with Crippen LogP contribution in [0.3, 0.4) is 0 Å². The first-order valence-corrected chi connectivity index (χ1v) is 7.84. The molecular formula is C17H26N2O. The highest BCUT2D eigenvalue weighted by Crippen LogP contribution is 2.17. The molecule has 2 rings (SSSR count). The minimum Gasteiger partial charge on any atom is -0.326 e. The van der Waals surface area contributed by atoms with Crippen molar-refractivity contribution < 1.29 is 4.79 Å². The second-order valence-electron chi connectivity index (χ2n) is 5.76. The molecule has 0 heterocycles. The van der Waals surface area contributed by atoms with Crippen molar-refractivity contribution >= 4 is 11.6 Å². The quantitative estimate of drug-likeness (QED) is 0.805. The molecule has 3 heteroatoms. The Kier molecular flexibility index (Phi) is 6.06. The summed E-state index contributed by atoms with van der Waals surface area (Å²) in [7, 11) is 0. The number of carbonyl (C=O) groups is 1. The van der Waals surface area contributed by atoms with E-state index in [1.807, 2.05) is 31.2 Å². The molecule has 1 fully saturated rings. The van der Waals surface area contributed by atoms with Crippen LogP contribution in [0, 0.1) is 6.92 Å². The van der Waals surface area contributed by atoms with Crippen molar-refractivity contribution in [2.24, 2.45) is 0 Å². The fraction of sp³-hybridized carbons (Fsp3) is 0.588. The van der Waals surface area contributed by atoms with Crippen molar-refractivity contribution in [3.8, 4) is 0 Å². The van der Waals surface area contributed by atoms with E-state index in [1.165, 1.54) is 38.5 Å². The molecule has 0 aliphatic heterocycles. The van der Waals surface area contributed by atoms with Gasteiger partial charge in [0, 0.05) is 24.7 Å². The molecule has 0 radical (unpaired) electrons. The van der Waals surface area contributed by atoms with Crippen molar-refractivity contribution in [3.05, 3.63) is 29.8 Å². The van der Waals surface area contributed by atoms with Gasteiger partial charge in [-0.15, -0.1) is 0 Å². The van der Waals surface area contributed by atoms with Crippen LogP contribution in [-0.2, 0) is 4.79 Å². The van der Waals surface area contributed by atoms with Crippen molar-refractivity contribution in [3.63, 3.8) is 0 Å². The lowest BCUT2D eigenvalue weighted by molar-refractivity contribution is -0.116. The predicted octanol–water partition coefficient (Wildman–Crippen LogP) is 3.64. The topological polar surface area (TPSA) is 41.1 Å². The Labute approximate surface area is 122 Å². The predicted molar refractivity (Wildman–Crippen MR) is 83.9 cm³/mol. The van der Waals surface area contributed by atoms with Gasteiger partial charge in [-0.3, -0.25) is 4.79 Å². The van der Waals surface area contributed by atoms with Gasteiger partial charge in [-0.2, -0.15) is 0 Å². The molecule has 1 aromatic carbocycles. The van der Waals surface area contributed by atoms with Crippen LogP contribution >= 0.6 is 0 Å². The molecule has 0 atom stereocenters. The maximum absolute atomic E-state index is 11.9. The van der Waals surface area contributed by atoms with Crippen molar-refractivity contribution in [1.29, 1.82) is 0 Å². The monoisotopic (exact) mass is 274 g/mol. The first-order chi connectivity index (χ1) is 9.75. The van der Waals surface area contributed by atoms with Gasteiger partial charge in [0.2, 0.25) is 5.91 Å². The number of hydrogen-bond donors (Lipinski definition) is 2. The first-order valence-electron chi connectivity index (χ1n) is 7.84. The molecule has 20 heavy (non-hydrogen) atoms. The Morgan fingerprint density at radius 2 is 1.85 bits per heavy atom. The van der Waals surface area contributed by atoms with Gasteiger partial charge in [-0.1, -0.05) is 43.9 Å². The lowest BCUT2D eigenvalue weighted by Gasteiger charge is -2.16. The summed E-state index contributed by atoms with van der Waals surface area (Å²) in [6.45, 7) is 2.79. The zero-order chi connectivity index (χ0) is 14.2. The molecule has 110 valence electrons. The fourth-order valence-electron chi connectivity index (χ4n) is 2.80. The van der Waals surface area contributed by atoms with Gasteiger partial charge < -0.3 is 10.6 Å². The van der Waals surface area contributed by atoms with Crippen molar-refractivity contribution in [2.75, 3.05) is 11.9 Å². The average Bonchev–Trinajstić information content (AvgIpc) is 2.70. The lowest BCUT2D eigenvalue weighted by Crippen LogP contribution is -2.31. The average molecular weight is 274 g/mol. The molecule has 3 nitrogen and oxygen atoms in total. The third kappa shape index (κ3) is 4.97. The molecule has 0 saturated heterocycles. The van der Waals surface area contributed by atoms with E-state index < -0.39 is 0 Å². The second-order valence-corrected chi connectivity index (χ2v) is 5.76. The highest BCUT2D eigenvalue weighted by atomic mass is 16.1. The fourth-order valence-corrected chi connectivity index (χ4v) is 2.80. The highest BCUT2D eigenvalue weighted by molar-refractivity contribution is 5.91.